The van der Waals surface area contributed by atoms with Crippen molar-refractivity contribution in [1.82, 2.24) is 10.3 Å². The number of amides is 1. The molecule has 1 aromatic heterocycles. The van der Waals surface area contributed by atoms with Gasteiger partial charge in [-0.15, -0.1) is 0 Å². The largest absolute Gasteiger partial charge is 0.486 e. The average molecular weight is 349 g/mol. The highest BCUT2D eigenvalue weighted by Gasteiger charge is 2.19. The van der Waals surface area contributed by atoms with Crippen LogP contribution in [0, 0.1) is 0 Å². The smallest absolute Gasteiger partial charge is 0.251 e. The van der Waals surface area contributed by atoms with Crippen LogP contribution >= 0.6 is 11.6 Å². The fraction of sp³-hybridized carbons (Fsp3) is 0.294. The summed E-state index contributed by atoms with van der Waals surface area (Å²) < 4.78 is 16.4. The Morgan fingerprint density at radius 2 is 2.21 bits per heavy atom. The van der Waals surface area contributed by atoms with Crippen LogP contribution in [0.3, 0.4) is 0 Å². The lowest BCUT2D eigenvalue weighted by molar-refractivity contribution is 0.0949. The normalized spacial score (nSPS) is 12.6. The first kappa shape index (κ1) is 16.4. The van der Waals surface area contributed by atoms with Gasteiger partial charge in [0.15, 0.2) is 11.5 Å². The van der Waals surface area contributed by atoms with Crippen molar-refractivity contribution in [3.8, 4) is 17.4 Å². The molecule has 1 N–H and O–H groups in total. The number of rotatable bonds is 5. The topological polar surface area (TPSA) is 69.7 Å². The molecular weight excluding hydrogens is 332 g/mol. The molecular formula is C17H17ClN2O4. The number of hydrogen-bond acceptors (Lipinski definition) is 5. The van der Waals surface area contributed by atoms with Gasteiger partial charge >= 0.3 is 0 Å². The lowest BCUT2D eigenvalue weighted by atomic mass is 10.1. The van der Waals surface area contributed by atoms with Gasteiger partial charge in [0.05, 0.1) is 11.6 Å². The predicted molar refractivity (Wildman–Crippen MR) is 89.0 cm³/mol. The van der Waals surface area contributed by atoms with E-state index in [1.807, 2.05) is 13.0 Å². The molecule has 1 amide bonds. The number of halogens is 1. The molecule has 126 valence electrons. The van der Waals surface area contributed by atoms with E-state index >= 15 is 0 Å². The van der Waals surface area contributed by atoms with Crippen molar-refractivity contribution >= 4 is 17.5 Å². The second-order valence-electron chi connectivity index (χ2n) is 5.07. The van der Waals surface area contributed by atoms with Crippen molar-refractivity contribution < 1.29 is 19.0 Å². The molecule has 0 aliphatic carbocycles. The molecule has 0 saturated heterocycles. The molecule has 0 radical (unpaired) electrons. The van der Waals surface area contributed by atoms with Gasteiger partial charge in [0.1, 0.15) is 13.2 Å². The van der Waals surface area contributed by atoms with Gasteiger partial charge in [-0.05, 0) is 25.1 Å². The minimum Gasteiger partial charge on any atom is -0.486 e. The maximum atomic E-state index is 12.4. The maximum absolute atomic E-state index is 12.4. The van der Waals surface area contributed by atoms with Crippen molar-refractivity contribution in [3.63, 3.8) is 0 Å². The molecule has 1 aliphatic heterocycles. The van der Waals surface area contributed by atoms with E-state index in [9.17, 15) is 4.79 Å². The molecule has 0 bridgehead atoms. The highest BCUT2D eigenvalue weighted by atomic mass is 35.5. The Kier molecular flexibility index (Phi) is 5.05. The summed E-state index contributed by atoms with van der Waals surface area (Å²) >= 11 is 6.16. The van der Waals surface area contributed by atoms with Crippen LogP contribution in [0.1, 0.15) is 22.8 Å². The van der Waals surface area contributed by atoms with Gasteiger partial charge in [-0.3, -0.25) is 4.79 Å². The molecule has 2 heterocycles. The van der Waals surface area contributed by atoms with E-state index in [4.69, 9.17) is 25.8 Å². The average Bonchev–Trinajstić information content (AvgIpc) is 2.61. The van der Waals surface area contributed by atoms with Crippen LogP contribution in [0.25, 0.3) is 0 Å². The van der Waals surface area contributed by atoms with Crippen molar-refractivity contribution in [2.45, 2.75) is 13.5 Å². The molecule has 0 spiro atoms. The number of ether oxygens (including phenoxy) is 3. The highest BCUT2D eigenvalue weighted by Crippen LogP contribution is 2.38. The molecule has 6 nitrogen and oxygen atoms in total. The van der Waals surface area contributed by atoms with Gasteiger partial charge in [0, 0.05) is 23.9 Å². The van der Waals surface area contributed by atoms with Gasteiger partial charge in [-0.2, -0.15) is 0 Å². The van der Waals surface area contributed by atoms with Gasteiger partial charge in [0.2, 0.25) is 5.88 Å². The number of nitrogens with one attached hydrogen (secondary N) is 1. The third-order valence-corrected chi connectivity index (χ3v) is 3.71. The second-order valence-corrected chi connectivity index (χ2v) is 5.47. The zero-order valence-corrected chi connectivity index (χ0v) is 13.9. The van der Waals surface area contributed by atoms with E-state index in [1.54, 1.807) is 24.4 Å². The number of fused-ring (bicyclic) bond motifs is 1. The zero-order chi connectivity index (χ0) is 16.9. The lowest BCUT2D eigenvalue weighted by Crippen LogP contribution is -2.24. The van der Waals surface area contributed by atoms with Crippen molar-refractivity contribution in [2.24, 2.45) is 0 Å². The van der Waals surface area contributed by atoms with E-state index < -0.39 is 0 Å². The summed E-state index contributed by atoms with van der Waals surface area (Å²) in [5.41, 5.74) is 1.21. The number of carbonyl (C=O) groups is 1. The molecule has 24 heavy (non-hydrogen) atoms. The second kappa shape index (κ2) is 7.40. The number of hydrogen-bond donors (Lipinski definition) is 1. The minimum absolute atomic E-state index is 0.264. The van der Waals surface area contributed by atoms with E-state index in [2.05, 4.69) is 10.3 Å². The summed E-state index contributed by atoms with van der Waals surface area (Å²) in [4.78, 5) is 16.6. The van der Waals surface area contributed by atoms with E-state index in [-0.39, 0.29) is 5.91 Å². The summed E-state index contributed by atoms with van der Waals surface area (Å²) in [6, 6.07) is 6.85. The summed E-state index contributed by atoms with van der Waals surface area (Å²) in [6.07, 6.45) is 1.65. The van der Waals surface area contributed by atoms with E-state index in [0.717, 1.165) is 5.56 Å². The Balaban J connectivity index is 1.73. The fourth-order valence-corrected chi connectivity index (χ4v) is 2.61. The molecule has 0 saturated carbocycles. The zero-order valence-electron chi connectivity index (χ0n) is 13.2. The monoisotopic (exact) mass is 348 g/mol. The van der Waals surface area contributed by atoms with Crippen LogP contribution in [-0.2, 0) is 6.54 Å². The molecule has 0 unspecified atom stereocenters. The third kappa shape index (κ3) is 3.54. The van der Waals surface area contributed by atoms with Gasteiger partial charge in [-0.1, -0.05) is 17.7 Å². The van der Waals surface area contributed by atoms with E-state index in [1.165, 1.54) is 0 Å². The van der Waals surface area contributed by atoms with Crippen LogP contribution in [0.2, 0.25) is 5.02 Å². The molecule has 1 aliphatic rings. The first-order valence-corrected chi connectivity index (χ1v) is 8.01. The van der Waals surface area contributed by atoms with Gasteiger partial charge in [-0.25, -0.2) is 4.98 Å². The van der Waals surface area contributed by atoms with E-state index in [0.29, 0.717) is 54.3 Å². The van der Waals surface area contributed by atoms with Crippen molar-refractivity contribution in [1.29, 1.82) is 0 Å². The molecule has 0 atom stereocenters. The quantitative estimate of drug-likeness (QED) is 0.899. The van der Waals surface area contributed by atoms with Crippen LogP contribution < -0.4 is 19.5 Å². The summed E-state index contributed by atoms with van der Waals surface area (Å²) in [5.74, 6) is 1.21. The Morgan fingerprint density at radius 3 is 3.04 bits per heavy atom. The third-order valence-electron chi connectivity index (χ3n) is 3.43. The Hall–Kier alpha value is -2.47. The molecule has 1 aromatic carbocycles. The molecule has 0 fully saturated rings. The Labute approximate surface area is 144 Å². The first-order valence-electron chi connectivity index (χ1n) is 7.63. The van der Waals surface area contributed by atoms with Gasteiger partial charge < -0.3 is 19.5 Å². The SMILES string of the molecule is CCOc1ncccc1CNC(=O)c1cc(Cl)c2c(c1)OCCO2. The molecule has 7 heteroatoms. The fourth-order valence-electron chi connectivity index (χ4n) is 2.34. The number of aromatic nitrogens is 1. The first-order chi connectivity index (χ1) is 11.7. The molecule has 2 aromatic rings. The Morgan fingerprint density at radius 1 is 1.38 bits per heavy atom. The van der Waals surface area contributed by atoms with Crippen molar-refractivity contribution in [3.05, 3.63) is 46.6 Å². The van der Waals surface area contributed by atoms with Crippen LogP contribution in [-0.4, -0.2) is 30.7 Å². The maximum Gasteiger partial charge on any atom is 0.251 e. The van der Waals surface area contributed by atoms with Crippen LogP contribution in [0.5, 0.6) is 17.4 Å². The number of benzene rings is 1. The van der Waals surface area contributed by atoms with Crippen LogP contribution in [0.4, 0.5) is 0 Å². The standard InChI is InChI=1S/C17H17ClN2O4/c1-2-22-17-11(4-3-5-19-17)10-20-16(21)12-8-13(18)15-14(9-12)23-6-7-24-15/h3-5,8-9H,2,6-7,10H2,1H3,(H,20,21). The highest BCUT2D eigenvalue weighted by molar-refractivity contribution is 6.32. The summed E-state index contributed by atoms with van der Waals surface area (Å²) in [5, 5.41) is 3.19. The lowest BCUT2D eigenvalue weighted by Gasteiger charge is -2.20. The summed E-state index contributed by atoms with van der Waals surface area (Å²) in [6.45, 7) is 3.57. The number of nitrogens with zero attached hydrogens (tertiary/aromatic N) is 1. The number of pyridine rings is 1. The Bertz CT molecular complexity index is 751. The summed E-state index contributed by atoms with van der Waals surface area (Å²) in [7, 11) is 0. The van der Waals surface area contributed by atoms with Crippen molar-refractivity contribution in [2.75, 3.05) is 19.8 Å². The van der Waals surface area contributed by atoms with Crippen LogP contribution in [0.15, 0.2) is 30.5 Å². The van der Waals surface area contributed by atoms with Gasteiger partial charge in [0.25, 0.3) is 5.91 Å². The minimum atomic E-state index is -0.264. The number of carbonyl (C=O) groups excluding carboxylic acids is 1. The predicted octanol–water partition coefficient (Wildman–Crippen LogP) is 2.83. The molecule has 3 rings (SSSR count).